The lowest BCUT2D eigenvalue weighted by Crippen LogP contribution is -2.52. The Morgan fingerprint density at radius 2 is 1.92 bits per heavy atom. The van der Waals surface area contributed by atoms with Crippen molar-refractivity contribution in [2.24, 2.45) is 0 Å². The minimum Gasteiger partial charge on any atom is -0.322 e. The van der Waals surface area contributed by atoms with E-state index >= 15 is 4.39 Å². The van der Waals surface area contributed by atoms with Crippen LogP contribution in [-0.4, -0.2) is 59.7 Å². The third-order valence-corrected chi connectivity index (χ3v) is 5.33. The maximum atomic E-state index is 15.0. The van der Waals surface area contributed by atoms with Crippen LogP contribution in [0.4, 0.5) is 4.39 Å². The molecule has 2 fully saturated rings. The summed E-state index contributed by atoms with van der Waals surface area (Å²) in [4.78, 5) is 39.6. The average Bonchev–Trinajstić information content (AvgIpc) is 2.96. The smallest absolute Gasteiger partial charge is 0.255 e. The summed E-state index contributed by atoms with van der Waals surface area (Å²) in [6, 6.07) is 2.61. The number of rotatable bonds is 3. The number of piperazine rings is 1. The van der Waals surface area contributed by atoms with Crippen LogP contribution in [0.1, 0.15) is 34.3 Å². The van der Waals surface area contributed by atoms with Gasteiger partial charge in [0.2, 0.25) is 11.8 Å². The Bertz CT molecular complexity index is 776. The second-order valence-electron chi connectivity index (χ2n) is 6.99. The third-order valence-electron chi connectivity index (χ3n) is 5.33. The van der Waals surface area contributed by atoms with Gasteiger partial charge in [0, 0.05) is 55.8 Å². The number of benzene rings is 1. The van der Waals surface area contributed by atoms with E-state index in [1.165, 1.54) is 4.90 Å². The SMILES string of the molecule is O=C1CCC(N2Cc3c(ccc(CN4CCNCC4)c3F)C2=O)C(=O)N1. The van der Waals surface area contributed by atoms with Gasteiger partial charge in [-0.15, -0.1) is 0 Å². The topological polar surface area (TPSA) is 81.8 Å². The molecule has 3 amide bonds. The Hall–Kier alpha value is -2.32. The summed E-state index contributed by atoms with van der Waals surface area (Å²) >= 11 is 0. The van der Waals surface area contributed by atoms with E-state index < -0.39 is 11.9 Å². The van der Waals surface area contributed by atoms with Crippen LogP contribution >= 0.6 is 0 Å². The number of halogens is 1. The predicted molar refractivity (Wildman–Crippen MR) is 90.6 cm³/mol. The number of nitrogens with one attached hydrogen (secondary N) is 2. The third kappa shape index (κ3) is 2.99. The van der Waals surface area contributed by atoms with E-state index in [1.807, 2.05) is 0 Å². The van der Waals surface area contributed by atoms with E-state index in [2.05, 4.69) is 15.5 Å². The van der Waals surface area contributed by atoms with Crippen LogP contribution < -0.4 is 10.6 Å². The Balaban J connectivity index is 1.55. The van der Waals surface area contributed by atoms with Crippen LogP contribution in [0, 0.1) is 5.82 Å². The molecule has 138 valence electrons. The molecule has 0 aromatic heterocycles. The highest BCUT2D eigenvalue weighted by Crippen LogP contribution is 2.31. The molecule has 1 aromatic rings. The van der Waals surface area contributed by atoms with Crippen LogP contribution in [0.5, 0.6) is 0 Å². The first kappa shape index (κ1) is 17.1. The first-order valence-electron chi connectivity index (χ1n) is 8.92. The van der Waals surface area contributed by atoms with Gasteiger partial charge in [0.15, 0.2) is 0 Å². The van der Waals surface area contributed by atoms with Gasteiger partial charge in [0.25, 0.3) is 5.91 Å². The van der Waals surface area contributed by atoms with Crippen molar-refractivity contribution in [3.8, 4) is 0 Å². The van der Waals surface area contributed by atoms with E-state index in [0.29, 0.717) is 23.2 Å². The van der Waals surface area contributed by atoms with Crippen LogP contribution in [0.2, 0.25) is 0 Å². The zero-order chi connectivity index (χ0) is 18.3. The predicted octanol–water partition coefficient (Wildman–Crippen LogP) is -0.00810. The molecule has 3 aliphatic rings. The number of piperidine rings is 1. The van der Waals surface area contributed by atoms with Gasteiger partial charge in [0.1, 0.15) is 11.9 Å². The molecule has 3 aliphatic heterocycles. The number of hydrogen-bond donors (Lipinski definition) is 2. The fourth-order valence-corrected chi connectivity index (χ4v) is 3.89. The summed E-state index contributed by atoms with van der Waals surface area (Å²) in [5.74, 6) is -1.52. The standard InChI is InChI=1S/C18H21FN4O3/c19-16-11(9-22-7-5-20-6-8-22)1-2-12-13(16)10-23(18(12)26)14-3-4-15(24)21-17(14)25/h1-2,14,20H,3-10H2,(H,21,24,25). The molecule has 0 saturated carbocycles. The zero-order valence-electron chi connectivity index (χ0n) is 14.4. The molecule has 4 rings (SSSR count). The molecule has 8 heteroatoms. The van der Waals surface area contributed by atoms with E-state index in [4.69, 9.17) is 0 Å². The van der Waals surface area contributed by atoms with Gasteiger partial charge >= 0.3 is 0 Å². The van der Waals surface area contributed by atoms with Gasteiger partial charge in [-0.1, -0.05) is 6.07 Å². The Labute approximate surface area is 150 Å². The Morgan fingerprint density at radius 1 is 1.15 bits per heavy atom. The van der Waals surface area contributed by atoms with Gasteiger partial charge < -0.3 is 10.2 Å². The minimum atomic E-state index is -0.719. The van der Waals surface area contributed by atoms with Crippen LogP contribution in [0.25, 0.3) is 0 Å². The number of imide groups is 1. The lowest BCUT2D eigenvalue weighted by atomic mass is 10.0. The normalized spacial score (nSPS) is 24.0. The van der Waals surface area contributed by atoms with Gasteiger partial charge in [-0.2, -0.15) is 0 Å². The van der Waals surface area contributed by atoms with Gasteiger partial charge in [-0.05, 0) is 12.5 Å². The van der Waals surface area contributed by atoms with E-state index in [0.717, 1.165) is 26.2 Å². The van der Waals surface area contributed by atoms with Crippen molar-refractivity contribution in [3.05, 3.63) is 34.6 Å². The number of amides is 3. The van der Waals surface area contributed by atoms with Crippen molar-refractivity contribution in [2.75, 3.05) is 26.2 Å². The molecule has 2 N–H and O–H groups in total. The molecule has 0 aliphatic carbocycles. The van der Waals surface area contributed by atoms with Crippen molar-refractivity contribution < 1.29 is 18.8 Å². The summed E-state index contributed by atoms with van der Waals surface area (Å²) in [6.45, 7) is 4.06. The average molecular weight is 360 g/mol. The van der Waals surface area contributed by atoms with Crippen molar-refractivity contribution in [1.82, 2.24) is 20.4 Å². The lowest BCUT2D eigenvalue weighted by molar-refractivity contribution is -0.136. The molecule has 2 saturated heterocycles. The summed E-state index contributed by atoms with van der Waals surface area (Å²) < 4.78 is 15.0. The van der Waals surface area contributed by atoms with Crippen LogP contribution in [-0.2, 0) is 22.7 Å². The number of carbonyl (C=O) groups excluding carboxylic acids is 3. The van der Waals surface area contributed by atoms with Crippen molar-refractivity contribution in [3.63, 3.8) is 0 Å². The van der Waals surface area contributed by atoms with Crippen molar-refractivity contribution in [2.45, 2.75) is 32.0 Å². The molecule has 1 aromatic carbocycles. The highest BCUT2D eigenvalue weighted by Gasteiger charge is 2.40. The number of hydrogen-bond acceptors (Lipinski definition) is 5. The molecule has 1 unspecified atom stereocenters. The maximum absolute atomic E-state index is 15.0. The van der Waals surface area contributed by atoms with Crippen LogP contribution in [0.3, 0.4) is 0 Å². The minimum absolute atomic E-state index is 0.0711. The summed E-state index contributed by atoms with van der Waals surface area (Å²) in [5.41, 5.74) is 1.24. The van der Waals surface area contributed by atoms with Gasteiger partial charge in [-0.3, -0.25) is 24.6 Å². The highest BCUT2D eigenvalue weighted by atomic mass is 19.1. The maximum Gasteiger partial charge on any atom is 0.255 e. The molecular weight excluding hydrogens is 339 g/mol. The van der Waals surface area contributed by atoms with Gasteiger partial charge in [-0.25, -0.2) is 4.39 Å². The quantitative estimate of drug-likeness (QED) is 0.741. The number of fused-ring (bicyclic) bond motifs is 1. The monoisotopic (exact) mass is 360 g/mol. The molecule has 7 nitrogen and oxygen atoms in total. The molecule has 0 spiro atoms. The highest BCUT2D eigenvalue weighted by molar-refractivity contribution is 6.05. The van der Waals surface area contributed by atoms with E-state index in [1.54, 1.807) is 12.1 Å². The lowest BCUT2D eigenvalue weighted by Gasteiger charge is -2.29. The first-order valence-corrected chi connectivity index (χ1v) is 8.92. The fourth-order valence-electron chi connectivity index (χ4n) is 3.89. The summed E-state index contributed by atoms with van der Waals surface area (Å²) in [6.07, 6.45) is 0.465. The zero-order valence-corrected chi connectivity index (χ0v) is 14.4. The van der Waals surface area contributed by atoms with E-state index in [-0.39, 0.29) is 37.0 Å². The fraction of sp³-hybridized carbons (Fsp3) is 0.500. The molecule has 0 radical (unpaired) electrons. The van der Waals surface area contributed by atoms with Gasteiger partial charge in [0.05, 0.1) is 6.54 Å². The molecule has 26 heavy (non-hydrogen) atoms. The Morgan fingerprint density at radius 3 is 2.65 bits per heavy atom. The van der Waals surface area contributed by atoms with Crippen molar-refractivity contribution in [1.29, 1.82) is 0 Å². The second kappa shape index (κ2) is 6.77. The molecule has 1 atom stereocenters. The summed E-state index contributed by atoms with van der Waals surface area (Å²) in [5, 5.41) is 5.52. The first-order chi connectivity index (χ1) is 12.5. The number of nitrogens with zero attached hydrogens (tertiary/aromatic N) is 2. The molecular formula is C18H21FN4O3. The number of carbonyl (C=O) groups is 3. The molecule has 3 heterocycles. The van der Waals surface area contributed by atoms with Crippen molar-refractivity contribution >= 4 is 17.7 Å². The molecule has 0 bridgehead atoms. The largest absolute Gasteiger partial charge is 0.322 e. The summed E-state index contributed by atoms with van der Waals surface area (Å²) in [7, 11) is 0. The second-order valence-corrected chi connectivity index (χ2v) is 6.99. The van der Waals surface area contributed by atoms with E-state index in [9.17, 15) is 14.4 Å². The Kier molecular flexibility index (Phi) is 4.46. The van der Waals surface area contributed by atoms with Crippen LogP contribution in [0.15, 0.2) is 12.1 Å².